The van der Waals surface area contributed by atoms with Crippen LogP contribution in [0, 0.1) is 13.8 Å². The molecule has 0 radical (unpaired) electrons. The maximum atomic E-state index is 12.9. The standard InChI is InChI=1S/C20H26N2O3S/c1-13-10-16(20(3,4)5)11-14(2)18(13)26(24,25)22-17-9-7-8-15(12-17)19(23)21-6/h7-12,22H,1-6H3,(H,21,23). The van der Waals surface area contributed by atoms with Crippen LogP contribution in [0.1, 0.15) is 47.8 Å². The lowest BCUT2D eigenvalue weighted by molar-refractivity contribution is 0.0963. The molecule has 0 aliphatic rings. The third-order valence-corrected chi connectivity index (χ3v) is 5.88. The minimum atomic E-state index is -3.77. The number of nitrogens with one attached hydrogen (secondary N) is 2. The molecule has 0 bridgehead atoms. The van der Waals surface area contributed by atoms with Crippen molar-refractivity contribution in [3.05, 3.63) is 58.7 Å². The molecule has 0 unspecified atom stereocenters. The number of benzene rings is 2. The Labute approximate surface area is 155 Å². The number of hydrogen-bond acceptors (Lipinski definition) is 3. The first kappa shape index (κ1) is 20.0. The fourth-order valence-electron chi connectivity index (χ4n) is 2.88. The summed E-state index contributed by atoms with van der Waals surface area (Å²) in [6.07, 6.45) is 0. The van der Waals surface area contributed by atoms with Gasteiger partial charge in [-0.25, -0.2) is 8.42 Å². The molecule has 2 aromatic rings. The third-order valence-electron chi connectivity index (χ3n) is 4.20. The Morgan fingerprint density at radius 3 is 2.08 bits per heavy atom. The van der Waals surface area contributed by atoms with E-state index in [1.807, 2.05) is 12.1 Å². The van der Waals surface area contributed by atoms with E-state index in [4.69, 9.17) is 0 Å². The highest BCUT2D eigenvalue weighted by molar-refractivity contribution is 7.92. The van der Waals surface area contributed by atoms with Crippen molar-refractivity contribution < 1.29 is 13.2 Å². The zero-order valence-corrected chi connectivity index (χ0v) is 16.9. The highest BCUT2D eigenvalue weighted by atomic mass is 32.2. The van der Waals surface area contributed by atoms with Gasteiger partial charge in [0.05, 0.1) is 4.90 Å². The van der Waals surface area contributed by atoms with Crippen molar-refractivity contribution in [1.29, 1.82) is 0 Å². The molecule has 6 heteroatoms. The SMILES string of the molecule is CNC(=O)c1cccc(NS(=O)(=O)c2c(C)cc(C(C)(C)C)cc2C)c1. The second-order valence-corrected chi connectivity index (χ2v) is 9.07. The number of anilines is 1. The Balaban J connectivity index is 2.44. The van der Waals surface area contributed by atoms with Crippen molar-refractivity contribution in [1.82, 2.24) is 5.32 Å². The summed E-state index contributed by atoms with van der Waals surface area (Å²) in [4.78, 5) is 12.0. The summed E-state index contributed by atoms with van der Waals surface area (Å²) in [7, 11) is -2.24. The van der Waals surface area contributed by atoms with Crippen LogP contribution in [0.25, 0.3) is 0 Å². The van der Waals surface area contributed by atoms with Crippen LogP contribution in [0.4, 0.5) is 5.69 Å². The Morgan fingerprint density at radius 1 is 1.00 bits per heavy atom. The predicted molar refractivity (Wildman–Crippen MR) is 105 cm³/mol. The number of hydrogen-bond donors (Lipinski definition) is 2. The number of carbonyl (C=O) groups is 1. The Bertz CT molecular complexity index is 919. The van der Waals surface area contributed by atoms with Crippen molar-refractivity contribution in [2.45, 2.75) is 44.9 Å². The molecule has 0 heterocycles. The van der Waals surface area contributed by atoms with Crippen LogP contribution in [0.5, 0.6) is 0 Å². The van der Waals surface area contributed by atoms with Crippen LogP contribution >= 0.6 is 0 Å². The van der Waals surface area contributed by atoms with Crippen LogP contribution in [0.3, 0.4) is 0 Å². The van der Waals surface area contributed by atoms with Crippen molar-refractivity contribution in [2.75, 3.05) is 11.8 Å². The summed E-state index contributed by atoms with van der Waals surface area (Å²) in [6, 6.07) is 10.3. The molecule has 2 aromatic carbocycles. The van der Waals surface area contributed by atoms with E-state index in [2.05, 4.69) is 30.8 Å². The van der Waals surface area contributed by atoms with E-state index in [1.54, 1.807) is 32.0 Å². The van der Waals surface area contributed by atoms with E-state index in [-0.39, 0.29) is 16.2 Å². The van der Waals surface area contributed by atoms with Crippen LogP contribution in [0.2, 0.25) is 0 Å². The minimum absolute atomic E-state index is 0.0624. The highest BCUT2D eigenvalue weighted by Gasteiger charge is 2.23. The smallest absolute Gasteiger partial charge is 0.262 e. The second-order valence-electron chi connectivity index (χ2n) is 7.45. The van der Waals surface area contributed by atoms with E-state index >= 15 is 0 Å². The van der Waals surface area contributed by atoms with Gasteiger partial charge in [-0.2, -0.15) is 0 Å². The monoisotopic (exact) mass is 374 g/mol. The maximum absolute atomic E-state index is 12.9. The van der Waals surface area contributed by atoms with E-state index in [0.717, 1.165) is 5.56 Å². The number of rotatable bonds is 4. The quantitative estimate of drug-likeness (QED) is 0.855. The predicted octanol–water partition coefficient (Wildman–Crippen LogP) is 3.76. The molecule has 0 spiro atoms. The number of aryl methyl sites for hydroxylation is 2. The highest BCUT2D eigenvalue weighted by Crippen LogP contribution is 2.30. The van der Waals surface area contributed by atoms with Gasteiger partial charge in [0.1, 0.15) is 0 Å². The van der Waals surface area contributed by atoms with Crippen LogP contribution in [-0.4, -0.2) is 21.4 Å². The lowest BCUT2D eigenvalue weighted by Crippen LogP contribution is -2.20. The van der Waals surface area contributed by atoms with Crippen LogP contribution in [0.15, 0.2) is 41.3 Å². The second kappa shape index (κ2) is 7.11. The lowest BCUT2D eigenvalue weighted by atomic mass is 9.85. The van der Waals surface area contributed by atoms with E-state index in [1.165, 1.54) is 13.1 Å². The molecular formula is C20H26N2O3S. The summed E-state index contributed by atoms with van der Waals surface area (Å²) >= 11 is 0. The summed E-state index contributed by atoms with van der Waals surface area (Å²) in [5.74, 6) is -0.270. The molecule has 5 nitrogen and oxygen atoms in total. The molecule has 0 saturated carbocycles. The van der Waals surface area contributed by atoms with E-state index in [0.29, 0.717) is 22.4 Å². The van der Waals surface area contributed by atoms with Gasteiger partial charge in [0.25, 0.3) is 15.9 Å². The van der Waals surface area contributed by atoms with Gasteiger partial charge in [-0.05, 0) is 54.2 Å². The molecule has 140 valence electrons. The fourth-order valence-corrected chi connectivity index (χ4v) is 4.39. The van der Waals surface area contributed by atoms with Crippen molar-refractivity contribution in [2.24, 2.45) is 0 Å². The Hall–Kier alpha value is -2.34. The molecule has 2 rings (SSSR count). The Kier molecular flexibility index (Phi) is 5.47. The summed E-state index contributed by atoms with van der Waals surface area (Å²) in [5.41, 5.74) is 3.17. The van der Waals surface area contributed by atoms with Gasteiger partial charge in [-0.15, -0.1) is 0 Å². The molecule has 0 aromatic heterocycles. The fraction of sp³-hybridized carbons (Fsp3) is 0.350. The maximum Gasteiger partial charge on any atom is 0.262 e. The van der Waals surface area contributed by atoms with Crippen LogP contribution < -0.4 is 10.0 Å². The zero-order chi connectivity index (χ0) is 19.7. The normalized spacial score (nSPS) is 11.9. The average Bonchev–Trinajstić information content (AvgIpc) is 2.52. The first-order chi connectivity index (χ1) is 12.0. The average molecular weight is 375 g/mol. The molecule has 2 N–H and O–H groups in total. The topological polar surface area (TPSA) is 75.3 Å². The van der Waals surface area contributed by atoms with Gasteiger partial charge in [0.15, 0.2) is 0 Å². The minimum Gasteiger partial charge on any atom is -0.355 e. The molecule has 1 amide bonds. The first-order valence-corrected chi connectivity index (χ1v) is 9.90. The van der Waals surface area contributed by atoms with Gasteiger partial charge in [0.2, 0.25) is 0 Å². The molecule has 0 aliphatic carbocycles. The van der Waals surface area contributed by atoms with Gasteiger partial charge in [0, 0.05) is 18.3 Å². The van der Waals surface area contributed by atoms with E-state index in [9.17, 15) is 13.2 Å². The molecule has 0 atom stereocenters. The van der Waals surface area contributed by atoms with Gasteiger partial charge in [-0.1, -0.05) is 39.0 Å². The number of sulfonamides is 1. The first-order valence-electron chi connectivity index (χ1n) is 8.42. The van der Waals surface area contributed by atoms with Gasteiger partial charge < -0.3 is 5.32 Å². The molecule has 0 saturated heterocycles. The summed E-state index contributed by atoms with van der Waals surface area (Å²) in [6.45, 7) is 9.89. The zero-order valence-electron chi connectivity index (χ0n) is 16.1. The van der Waals surface area contributed by atoms with Crippen molar-refractivity contribution >= 4 is 21.6 Å². The van der Waals surface area contributed by atoms with Gasteiger partial charge >= 0.3 is 0 Å². The molecular weight excluding hydrogens is 348 g/mol. The van der Waals surface area contributed by atoms with Crippen molar-refractivity contribution in [3.8, 4) is 0 Å². The summed E-state index contributed by atoms with van der Waals surface area (Å²) < 4.78 is 28.5. The number of carbonyl (C=O) groups excluding carboxylic acids is 1. The summed E-state index contributed by atoms with van der Waals surface area (Å²) in [5, 5.41) is 2.53. The van der Waals surface area contributed by atoms with Crippen LogP contribution in [-0.2, 0) is 15.4 Å². The largest absolute Gasteiger partial charge is 0.355 e. The molecule has 26 heavy (non-hydrogen) atoms. The molecule has 0 fully saturated rings. The lowest BCUT2D eigenvalue weighted by Gasteiger charge is -2.22. The third kappa shape index (κ3) is 4.25. The van der Waals surface area contributed by atoms with E-state index < -0.39 is 10.0 Å². The Morgan fingerprint density at radius 2 is 1.58 bits per heavy atom. The molecule has 0 aliphatic heterocycles. The number of amides is 1. The van der Waals surface area contributed by atoms with Crippen molar-refractivity contribution in [3.63, 3.8) is 0 Å². The van der Waals surface area contributed by atoms with Gasteiger partial charge in [-0.3, -0.25) is 9.52 Å².